The molecule has 10 aliphatic rings. The van der Waals surface area contributed by atoms with Crippen molar-refractivity contribution in [2.75, 3.05) is 13.1 Å². The molecule has 2 aromatic heterocycles. The summed E-state index contributed by atoms with van der Waals surface area (Å²) in [6.45, 7) is 14.4. The average Bonchev–Trinajstić information content (AvgIpc) is 1.20. The Hall–Kier alpha value is -5.56. The third-order valence-electron chi connectivity index (χ3n) is 28.3. The molecule has 14 rings (SSSR count). The lowest BCUT2D eigenvalue weighted by molar-refractivity contribution is -0.175. The van der Waals surface area contributed by atoms with Crippen molar-refractivity contribution in [3.63, 3.8) is 0 Å². The Balaban J connectivity index is 0.560. The second-order valence-corrected chi connectivity index (χ2v) is 32.2. The number of fused-ring (bicyclic) bond motifs is 10. The Kier molecular flexibility index (Phi) is 17.3. The zero-order valence-electron chi connectivity index (χ0n) is 55.3. The first-order valence-electron chi connectivity index (χ1n) is 35.8. The van der Waals surface area contributed by atoms with Gasteiger partial charge >= 0.3 is 11.9 Å². The molecular formula is C74H102N8O10. The van der Waals surface area contributed by atoms with E-state index in [-0.39, 0.29) is 121 Å². The van der Waals surface area contributed by atoms with E-state index in [4.69, 9.17) is 9.47 Å². The van der Waals surface area contributed by atoms with Gasteiger partial charge in [-0.15, -0.1) is 10.2 Å². The van der Waals surface area contributed by atoms with E-state index in [0.717, 1.165) is 88.2 Å². The summed E-state index contributed by atoms with van der Waals surface area (Å²) in [7, 11) is 0. The number of ether oxygens (including phenoxy) is 2. The second-order valence-electron chi connectivity index (χ2n) is 32.2. The van der Waals surface area contributed by atoms with Gasteiger partial charge in [-0.05, 0) is 219 Å². The van der Waals surface area contributed by atoms with Crippen LogP contribution in [0.5, 0.6) is 0 Å². The number of aliphatic hydroxyl groups excluding tert-OH is 4. The Morgan fingerprint density at radius 3 is 1.33 bits per heavy atom. The second kappa shape index (κ2) is 24.9. The molecule has 8 saturated carbocycles. The van der Waals surface area contributed by atoms with Gasteiger partial charge in [0.25, 0.3) is 11.8 Å². The first-order valence-corrected chi connectivity index (χ1v) is 35.8. The van der Waals surface area contributed by atoms with Gasteiger partial charge < -0.3 is 39.7 Å². The van der Waals surface area contributed by atoms with E-state index >= 15 is 0 Å². The third kappa shape index (κ3) is 10.8. The van der Waals surface area contributed by atoms with Crippen LogP contribution >= 0.6 is 0 Å². The number of benzene rings is 2. The molecule has 2 saturated heterocycles. The van der Waals surface area contributed by atoms with Crippen molar-refractivity contribution in [3.8, 4) is 0 Å². The van der Waals surface area contributed by atoms with E-state index in [1.54, 1.807) is 31.6 Å². The minimum absolute atomic E-state index is 0.0737. The van der Waals surface area contributed by atoms with E-state index in [1.165, 1.54) is 25.7 Å². The van der Waals surface area contributed by atoms with Crippen LogP contribution in [0.3, 0.4) is 0 Å². The Labute approximate surface area is 543 Å². The number of aromatic nitrogens is 6. The summed E-state index contributed by atoms with van der Waals surface area (Å²) in [5.74, 6) is 4.35. The summed E-state index contributed by atoms with van der Waals surface area (Å²) in [6, 6.07) is 17.3. The summed E-state index contributed by atoms with van der Waals surface area (Å²) < 4.78 is 14.8. The highest BCUT2D eigenvalue weighted by Gasteiger charge is 2.66. The van der Waals surface area contributed by atoms with Crippen molar-refractivity contribution < 1.29 is 49.1 Å². The maximum absolute atomic E-state index is 14.4. The van der Waals surface area contributed by atoms with Crippen LogP contribution in [0.2, 0.25) is 0 Å². The van der Waals surface area contributed by atoms with Crippen molar-refractivity contribution >= 4 is 23.8 Å². The van der Waals surface area contributed by atoms with Gasteiger partial charge in [0.1, 0.15) is 24.6 Å². The molecule has 0 spiro atoms. The van der Waals surface area contributed by atoms with Crippen LogP contribution in [-0.4, -0.2) is 121 Å². The first kappa shape index (κ1) is 63.8. The number of amides is 2. The fraction of sp³-hybridized carbons (Fsp3) is 0.730. The van der Waals surface area contributed by atoms with Crippen molar-refractivity contribution in [1.29, 1.82) is 0 Å². The molecule has 2 aromatic carbocycles. The number of carbonyl (C=O) groups is 4. The molecule has 0 unspecified atom stereocenters. The molecular weight excluding hydrogens is 1160 g/mol. The van der Waals surface area contributed by atoms with Gasteiger partial charge in [0.2, 0.25) is 0 Å². The number of esters is 2. The van der Waals surface area contributed by atoms with Crippen molar-refractivity contribution in [3.05, 3.63) is 95.6 Å². The molecule has 0 bridgehead atoms. The fourth-order valence-corrected chi connectivity index (χ4v) is 23.2. The van der Waals surface area contributed by atoms with E-state index in [2.05, 4.69) is 62.2 Å². The molecule has 0 radical (unpaired) electrons. The number of nitrogens with zero attached hydrogens (tertiary/aromatic N) is 8. The molecule has 24 atom stereocenters. The Morgan fingerprint density at radius 2 is 0.924 bits per heavy atom. The molecule has 4 N–H and O–H groups in total. The molecule has 4 heterocycles. The minimum Gasteiger partial charge on any atom is -0.459 e. The number of carbonyl (C=O) groups excluding carboxylic acids is 4. The summed E-state index contributed by atoms with van der Waals surface area (Å²) in [5, 5.41) is 62.8. The minimum atomic E-state index is -0.702. The van der Waals surface area contributed by atoms with Crippen LogP contribution in [0, 0.1) is 92.7 Å². The number of hydrogen-bond donors (Lipinski definition) is 4. The molecule has 2 amide bonds. The fourth-order valence-electron chi connectivity index (χ4n) is 23.2. The zero-order valence-corrected chi connectivity index (χ0v) is 55.3. The predicted octanol–water partition coefficient (Wildman–Crippen LogP) is 10.7. The Morgan fingerprint density at radius 1 is 0.522 bits per heavy atom. The molecule has 18 nitrogen and oxygen atoms in total. The van der Waals surface area contributed by atoms with Crippen molar-refractivity contribution in [1.82, 2.24) is 39.8 Å². The lowest BCUT2D eigenvalue weighted by Gasteiger charge is -2.62. The topological polar surface area (TPSA) is 236 Å². The highest BCUT2D eigenvalue weighted by molar-refractivity contribution is 5.89. The molecule has 10 fully saturated rings. The predicted molar refractivity (Wildman–Crippen MR) is 342 cm³/mol. The normalized spacial score (nSPS) is 41.0. The zero-order chi connectivity index (χ0) is 64.2. The molecule has 498 valence electrons. The van der Waals surface area contributed by atoms with Gasteiger partial charge in [-0.25, -0.2) is 9.36 Å². The third-order valence-corrected chi connectivity index (χ3v) is 28.3. The van der Waals surface area contributed by atoms with Gasteiger partial charge in [0, 0.05) is 25.9 Å². The smallest absolute Gasteiger partial charge is 0.306 e. The molecule has 8 aliphatic carbocycles. The van der Waals surface area contributed by atoms with E-state index in [1.807, 2.05) is 60.7 Å². The van der Waals surface area contributed by atoms with Crippen LogP contribution in [0.25, 0.3) is 0 Å². The van der Waals surface area contributed by atoms with Crippen LogP contribution in [-0.2, 0) is 41.9 Å². The summed E-state index contributed by atoms with van der Waals surface area (Å²) >= 11 is 0. The van der Waals surface area contributed by atoms with E-state index in [0.29, 0.717) is 83.4 Å². The van der Waals surface area contributed by atoms with Gasteiger partial charge in [-0.3, -0.25) is 19.2 Å². The highest BCUT2D eigenvalue weighted by atomic mass is 16.5. The van der Waals surface area contributed by atoms with Gasteiger partial charge in [-0.2, -0.15) is 0 Å². The molecule has 2 aliphatic heterocycles. The van der Waals surface area contributed by atoms with Crippen molar-refractivity contribution in [2.24, 2.45) is 92.7 Å². The SMILES string of the molecule is C[C@H](CCC(=O)OCc1cn([C@@H]2C(=O)N(CCN3C(=O)[C@H](n4cc(COC(=O)CC[C@@H](C)[C@H]5CC[C@H]6[C@@H]7CC[C@@H]8C[C@H](O)CC[C@]8(C)[C@H]7C[C@H](O)[C@]56C)nn4)[C@@H]3c3ccccc3)[C@@H]2c2ccccc2)nn1)[C@H]1CC[C@H]2[C@@H]3CC[C@@H]4C[C@H](O)CC[C@]4(C)[C@H]3C[C@H](O)[C@]12C. The maximum atomic E-state index is 14.4. The average molecular weight is 1260 g/mol. The molecule has 92 heavy (non-hydrogen) atoms. The number of β-lactam (4-membered cyclic amide) rings is 2. The Bertz CT molecular complexity index is 3110. The first-order chi connectivity index (χ1) is 44.2. The molecule has 18 heteroatoms. The number of rotatable bonds is 19. The van der Waals surface area contributed by atoms with Crippen LogP contribution in [0.4, 0.5) is 0 Å². The quantitative estimate of drug-likeness (QED) is 0.0505. The van der Waals surface area contributed by atoms with Crippen molar-refractivity contribution in [2.45, 2.75) is 232 Å². The number of aliphatic hydroxyl groups is 4. The van der Waals surface area contributed by atoms with Crippen LogP contribution < -0.4 is 0 Å². The maximum Gasteiger partial charge on any atom is 0.306 e. The monoisotopic (exact) mass is 1260 g/mol. The highest BCUT2D eigenvalue weighted by Crippen LogP contribution is 2.70. The van der Waals surface area contributed by atoms with Crippen LogP contribution in [0.15, 0.2) is 73.1 Å². The standard InChI is InChI=1S/C74H102N8O10/c1-43(55-23-25-57-53-21-19-47-35-51(83)29-31-71(47,3)59(53)37-61(85)73(55,57)5)17-27-63(87)91-41-49-39-81(77-75-49)67-65(45-13-9-7-10-14-45)79(69(67)89)33-34-80-66(46-15-11-8-12-16-46)68(70(80)90)82-40-50(76-78-82)42-92-64(88)28-18-44(2)56-24-26-58-54-22-20-48-36-52(84)30-32-72(48,4)60(54)38-62(86)74(56,58)6/h7-16,39-40,43-44,47-48,51-62,65-68,83-86H,17-38,41-42H2,1-6H3/t43-,44-,47-,48-,51-,52-,53+,54+,55-,56-,57+,58+,59+,60+,61+,62+,65-,66+,67+,68-,71+,72+,73-,74-/m1/s1. The number of hydrogen-bond acceptors (Lipinski definition) is 14. The summed E-state index contributed by atoms with van der Waals surface area (Å²) in [5.41, 5.74) is 2.69. The lowest BCUT2D eigenvalue weighted by atomic mass is 9.43. The molecule has 4 aromatic rings. The van der Waals surface area contributed by atoms with E-state index < -0.39 is 24.2 Å². The van der Waals surface area contributed by atoms with Gasteiger partial charge in [0.15, 0.2) is 12.1 Å². The van der Waals surface area contributed by atoms with Crippen LogP contribution in [0.1, 0.15) is 217 Å². The van der Waals surface area contributed by atoms with E-state index in [9.17, 15) is 39.6 Å². The lowest BCUT2D eigenvalue weighted by Crippen LogP contribution is -2.61. The summed E-state index contributed by atoms with van der Waals surface area (Å²) in [6.07, 6.45) is 20.5. The van der Waals surface area contributed by atoms with Gasteiger partial charge in [-0.1, -0.05) is 113 Å². The summed E-state index contributed by atoms with van der Waals surface area (Å²) in [4.78, 5) is 59.2. The number of likely N-dealkylation sites (tertiary alicyclic amines) is 2. The largest absolute Gasteiger partial charge is 0.459 e. The van der Waals surface area contributed by atoms with Gasteiger partial charge in [0.05, 0.1) is 48.9 Å².